The van der Waals surface area contributed by atoms with Crippen LogP contribution >= 0.6 is 0 Å². The SMILES string of the molecule is CC(C)(C)C(=O)NC1CCN(c2ccnc3ccccc23)CC1. The van der Waals surface area contributed by atoms with Gasteiger partial charge in [0.25, 0.3) is 0 Å². The van der Waals surface area contributed by atoms with Crippen LogP contribution in [0.2, 0.25) is 0 Å². The summed E-state index contributed by atoms with van der Waals surface area (Å²) in [6.45, 7) is 7.80. The Bertz CT molecular complexity index is 692. The number of benzene rings is 1. The number of hydrogen-bond donors (Lipinski definition) is 1. The number of rotatable bonds is 2. The maximum absolute atomic E-state index is 12.1. The summed E-state index contributed by atoms with van der Waals surface area (Å²) in [5.74, 6) is 0.144. The van der Waals surface area contributed by atoms with E-state index in [2.05, 4.69) is 39.5 Å². The van der Waals surface area contributed by atoms with Gasteiger partial charge in [-0.25, -0.2) is 0 Å². The number of pyridine rings is 1. The minimum absolute atomic E-state index is 0.144. The van der Waals surface area contributed by atoms with Gasteiger partial charge in [0.15, 0.2) is 0 Å². The molecule has 0 atom stereocenters. The summed E-state index contributed by atoms with van der Waals surface area (Å²) < 4.78 is 0. The summed E-state index contributed by atoms with van der Waals surface area (Å²) in [6, 6.07) is 10.6. The van der Waals surface area contributed by atoms with Gasteiger partial charge in [0.1, 0.15) is 0 Å². The van der Waals surface area contributed by atoms with Crippen molar-refractivity contribution in [2.24, 2.45) is 5.41 Å². The molecule has 1 fully saturated rings. The number of para-hydroxylation sites is 1. The number of nitrogens with one attached hydrogen (secondary N) is 1. The number of piperidine rings is 1. The van der Waals surface area contributed by atoms with Crippen LogP contribution in [0.5, 0.6) is 0 Å². The molecule has 1 aliphatic rings. The zero-order valence-electron chi connectivity index (χ0n) is 14.2. The molecule has 1 saturated heterocycles. The minimum atomic E-state index is -0.321. The Morgan fingerprint density at radius 2 is 1.87 bits per heavy atom. The molecule has 0 spiro atoms. The molecule has 1 aromatic heterocycles. The third-order valence-corrected chi connectivity index (χ3v) is 4.48. The lowest BCUT2D eigenvalue weighted by Gasteiger charge is -2.35. The number of carbonyl (C=O) groups is 1. The Balaban J connectivity index is 1.68. The van der Waals surface area contributed by atoms with Crippen LogP contribution < -0.4 is 10.2 Å². The smallest absolute Gasteiger partial charge is 0.225 e. The molecule has 3 rings (SSSR count). The molecule has 0 aliphatic carbocycles. The van der Waals surface area contributed by atoms with E-state index in [0.29, 0.717) is 0 Å². The van der Waals surface area contributed by atoms with E-state index in [1.165, 1.54) is 11.1 Å². The molecule has 0 saturated carbocycles. The third kappa shape index (κ3) is 3.46. The Kier molecular flexibility index (Phi) is 4.24. The predicted octanol–water partition coefficient (Wildman–Crippen LogP) is 3.37. The molecule has 4 nitrogen and oxygen atoms in total. The zero-order chi connectivity index (χ0) is 16.4. The molecule has 1 amide bonds. The number of amides is 1. The van der Waals surface area contributed by atoms with Gasteiger partial charge in [-0.1, -0.05) is 39.0 Å². The number of hydrogen-bond acceptors (Lipinski definition) is 3. The van der Waals surface area contributed by atoms with Crippen LogP contribution in [0.1, 0.15) is 33.6 Å². The van der Waals surface area contributed by atoms with Gasteiger partial charge in [-0.15, -0.1) is 0 Å². The van der Waals surface area contributed by atoms with Crippen molar-refractivity contribution in [3.63, 3.8) is 0 Å². The van der Waals surface area contributed by atoms with E-state index in [0.717, 1.165) is 31.4 Å². The van der Waals surface area contributed by atoms with Crippen molar-refractivity contribution >= 4 is 22.5 Å². The van der Waals surface area contributed by atoms with E-state index in [1.807, 2.05) is 33.0 Å². The van der Waals surface area contributed by atoms with Gasteiger partial charge < -0.3 is 10.2 Å². The molecular weight excluding hydrogens is 286 g/mol. The fourth-order valence-corrected chi connectivity index (χ4v) is 3.02. The molecule has 1 N–H and O–H groups in total. The summed E-state index contributed by atoms with van der Waals surface area (Å²) in [4.78, 5) is 19.0. The molecule has 0 bridgehead atoms. The monoisotopic (exact) mass is 311 g/mol. The lowest BCUT2D eigenvalue weighted by Crippen LogP contribution is -2.47. The van der Waals surface area contributed by atoms with E-state index >= 15 is 0 Å². The summed E-state index contributed by atoms with van der Waals surface area (Å²) in [6.07, 6.45) is 3.85. The summed E-state index contributed by atoms with van der Waals surface area (Å²) in [5, 5.41) is 4.39. The van der Waals surface area contributed by atoms with Gasteiger partial charge in [0, 0.05) is 41.8 Å². The van der Waals surface area contributed by atoms with Crippen molar-refractivity contribution < 1.29 is 4.79 Å². The van der Waals surface area contributed by atoms with Crippen molar-refractivity contribution in [1.82, 2.24) is 10.3 Å². The van der Waals surface area contributed by atoms with Crippen LogP contribution in [0.3, 0.4) is 0 Å². The van der Waals surface area contributed by atoms with E-state index in [-0.39, 0.29) is 17.4 Å². The van der Waals surface area contributed by atoms with Gasteiger partial charge >= 0.3 is 0 Å². The summed E-state index contributed by atoms with van der Waals surface area (Å²) in [5.41, 5.74) is 1.96. The molecule has 2 aromatic rings. The second-order valence-corrected chi connectivity index (χ2v) is 7.33. The lowest BCUT2D eigenvalue weighted by molar-refractivity contribution is -0.129. The highest BCUT2D eigenvalue weighted by molar-refractivity contribution is 5.91. The van der Waals surface area contributed by atoms with Crippen LogP contribution in [-0.2, 0) is 4.79 Å². The first-order chi connectivity index (χ1) is 10.9. The van der Waals surface area contributed by atoms with E-state index in [1.54, 1.807) is 0 Å². The van der Waals surface area contributed by atoms with Crippen LogP contribution in [0.15, 0.2) is 36.5 Å². The average Bonchev–Trinajstić information content (AvgIpc) is 2.54. The molecule has 122 valence electrons. The Morgan fingerprint density at radius 3 is 2.57 bits per heavy atom. The minimum Gasteiger partial charge on any atom is -0.371 e. The second kappa shape index (κ2) is 6.19. The Labute approximate surface area is 137 Å². The normalized spacial score (nSPS) is 16.6. The first-order valence-electron chi connectivity index (χ1n) is 8.35. The maximum atomic E-state index is 12.1. The van der Waals surface area contributed by atoms with Gasteiger partial charge in [-0.3, -0.25) is 9.78 Å². The van der Waals surface area contributed by atoms with Gasteiger partial charge in [0.2, 0.25) is 5.91 Å². The fourth-order valence-electron chi connectivity index (χ4n) is 3.02. The number of aromatic nitrogens is 1. The number of nitrogens with zero attached hydrogens (tertiary/aromatic N) is 2. The third-order valence-electron chi connectivity index (χ3n) is 4.48. The summed E-state index contributed by atoms with van der Waals surface area (Å²) in [7, 11) is 0. The standard InChI is InChI=1S/C19H25N3O/c1-19(2,3)18(23)21-14-9-12-22(13-10-14)17-8-11-20-16-7-5-4-6-15(16)17/h4-8,11,14H,9-10,12-13H2,1-3H3,(H,21,23). The van der Waals surface area contributed by atoms with Crippen molar-refractivity contribution in [1.29, 1.82) is 0 Å². The molecule has 1 aliphatic heterocycles. The van der Waals surface area contributed by atoms with Gasteiger partial charge in [0.05, 0.1) is 5.52 Å². The highest BCUT2D eigenvalue weighted by atomic mass is 16.2. The Hall–Kier alpha value is -2.10. The van der Waals surface area contributed by atoms with E-state index in [4.69, 9.17) is 0 Å². The maximum Gasteiger partial charge on any atom is 0.225 e. The molecule has 2 heterocycles. The first-order valence-corrected chi connectivity index (χ1v) is 8.35. The van der Waals surface area contributed by atoms with Gasteiger partial charge in [-0.2, -0.15) is 0 Å². The fraction of sp³-hybridized carbons (Fsp3) is 0.474. The molecule has 1 aromatic carbocycles. The van der Waals surface area contributed by atoms with Gasteiger partial charge in [-0.05, 0) is 25.0 Å². The lowest BCUT2D eigenvalue weighted by atomic mass is 9.94. The highest BCUT2D eigenvalue weighted by Gasteiger charge is 2.26. The zero-order valence-corrected chi connectivity index (χ0v) is 14.2. The quantitative estimate of drug-likeness (QED) is 0.925. The van der Waals surface area contributed by atoms with Crippen LogP contribution in [0.4, 0.5) is 5.69 Å². The van der Waals surface area contributed by atoms with Crippen molar-refractivity contribution in [2.45, 2.75) is 39.7 Å². The van der Waals surface area contributed by atoms with Crippen LogP contribution in [0.25, 0.3) is 10.9 Å². The van der Waals surface area contributed by atoms with Crippen molar-refractivity contribution in [3.8, 4) is 0 Å². The number of anilines is 1. The molecule has 4 heteroatoms. The molecular formula is C19H25N3O. The van der Waals surface area contributed by atoms with E-state index in [9.17, 15) is 4.79 Å². The number of fused-ring (bicyclic) bond motifs is 1. The van der Waals surface area contributed by atoms with Crippen LogP contribution in [0, 0.1) is 5.41 Å². The predicted molar refractivity (Wildman–Crippen MR) is 94.6 cm³/mol. The van der Waals surface area contributed by atoms with E-state index < -0.39 is 0 Å². The average molecular weight is 311 g/mol. The second-order valence-electron chi connectivity index (χ2n) is 7.33. The largest absolute Gasteiger partial charge is 0.371 e. The first kappa shape index (κ1) is 15.8. The molecule has 23 heavy (non-hydrogen) atoms. The molecule has 0 unspecified atom stereocenters. The highest BCUT2D eigenvalue weighted by Crippen LogP contribution is 2.27. The Morgan fingerprint density at radius 1 is 1.17 bits per heavy atom. The summed E-state index contributed by atoms with van der Waals surface area (Å²) >= 11 is 0. The molecule has 0 radical (unpaired) electrons. The van der Waals surface area contributed by atoms with Crippen molar-refractivity contribution in [2.75, 3.05) is 18.0 Å². The van der Waals surface area contributed by atoms with Crippen LogP contribution in [-0.4, -0.2) is 30.0 Å². The van der Waals surface area contributed by atoms with Crippen molar-refractivity contribution in [3.05, 3.63) is 36.5 Å². The topological polar surface area (TPSA) is 45.2 Å². The number of carbonyl (C=O) groups excluding carboxylic acids is 1.